The maximum Gasteiger partial charge on any atom is 0.331 e. The average Bonchev–Trinajstić information content (AvgIpc) is 3.26. The average molecular weight is 482 g/mol. The van der Waals surface area contributed by atoms with Crippen LogP contribution in [0, 0.1) is 6.92 Å². The highest BCUT2D eigenvalue weighted by Crippen LogP contribution is 2.46. The summed E-state index contributed by atoms with van der Waals surface area (Å²) in [4.78, 5) is 34.0. The van der Waals surface area contributed by atoms with Crippen LogP contribution in [0.5, 0.6) is 0 Å². The third kappa shape index (κ3) is 3.77. The molecule has 0 saturated heterocycles. The molecule has 7 nitrogen and oxygen atoms in total. The molecule has 3 amide bonds. The maximum atomic E-state index is 13.5. The Morgan fingerprint density at radius 1 is 1.09 bits per heavy atom. The molecule has 2 aromatic heterocycles. The fourth-order valence-electron chi connectivity index (χ4n) is 4.59. The number of pyridine rings is 1. The molecule has 3 N–H and O–H groups in total. The summed E-state index contributed by atoms with van der Waals surface area (Å²) in [5.41, 5.74) is 5.94. The fourth-order valence-corrected chi connectivity index (χ4v) is 5.60. The molecule has 35 heavy (non-hydrogen) atoms. The van der Waals surface area contributed by atoms with E-state index in [0.29, 0.717) is 21.9 Å². The number of nitrogens with one attached hydrogen (secondary N) is 3. The van der Waals surface area contributed by atoms with Crippen molar-refractivity contribution in [2.75, 3.05) is 23.3 Å². The molecule has 174 valence electrons. The van der Waals surface area contributed by atoms with Gasteiger partial charge in [0.2, 0.25) is 0 Å². The lowest BCUT2D eigenvalue weighted by molar-refractivity contribution is 0.0969. The number of hydrogen-bond acceptors (Lipinski definition) is 5. The van der Waals surface area contributed by atoms with Crippen LogP contribution in [0.25, 0.3) is 21.3 Å². The Labute approximate surface area is 206 Å². The van der Waals surface area contributed by atoms with Crippen LogP contribution in [0.15, 0.2) is 72.6 Å². The van der Waals surface area contributed by atoms with E-state index in [4.69, 9.17) is 0 Å². The fraction of sp³-hybridized carbons (Fsp3) is 0.148. The topological polar surface area (TPSA) is 86.4 Å². The second kappa shape index (κ2) is 8.65. The van der Waals surface area contributed by atoms with Crippen LogP contribution in [0.4, 0.5) is 21.9 Å². The molecule has 0 radical (unpaired) electrons. The Kier molecular flexibility index (Phi) is 5.32. The molecular formula is C27H23N5O2S. The lowest BCUT2D eigenvalue weighted by Gasteiger charge is -2.30. The molecule has 2 aliphatic rings. The van der Waals surface area contributed by atoms with Crippen LogP contribution < -0.4 is 20.9 Å². The van der Waals surface area contributed by atoms with E-state index in [-0.39, 0.29) is 11.9 Å². The Morgan fingerprint density at radius 2 is 1.94 bits per heavy atom. The molecule has 0 saturated carbocycles. The molecule has 6 rings (SSSR count). The molecule has 4 heterocycles. The number of thiophene rings is 1. The van der Waals surface area contributed by atoms with E-state index in [1.165, 1.54) is 11.3 Å². The van der Waals surface area contributed by atoms with Crippen molar-refractivity contribution in [3.63, 3.8) is 0 Å². The summed E-state index contributed by atoms with van der Waals surface area (Å²) in [6.45, 7) is 3.51. The lowest BCUT2D eigenvalue weighted by Crippen LogP contribution is -2.36. The summed E-state index contributed by atoms with van der Waals surface area (Å²) < 4.78 is 0. The van der Waals surface area contributed by atoms with Crippen molar-refractivity contribution in [3.8, 4) is 11.1 Å². The molecule has 2 aliphatic heterocycles. The van der Waals surface area contributed by atoms with Gasteiger partial charge in [0.25, 0.3) is 5.91 Å². The number of urea groups is 1. The van der Waals surface area contributed by atoms with E-state index in [1.54, 1.807) is 11.1 Å². The summed E-state index contributed by atoms with van der Waals surface area (Å²) >= 11 is 1.29. The van der Waals surface area contributed by atoms with E-state index >= 15 is 0 Å². The van der Waals surface area contributed by atoms with Gasteiger partial charge >= 0.3 is 6.03 Å². The Hall–Kier alpha value is -4.01. The Morgan fingerprint density at radius 3 is 2.74 bits per heavy atom. The van der Waals surface area contributed by atoms with Gasteiger partial charge in [0.05, 0.1) is 22.4 Å². The standard InChI is InChI=1S/C27H23N5O2S/c1-16-9-10-18(17-6-3-2-4-7-17)14-21(16)32-20-11-13-29-26-22(20)23(31-27(32)34)24(35-26)25(33)30-19-8-5-12-28-15-19/h2-4,6-11,13-14,28H,5,12,15H2,1H3,(H,30,33)(H,31,34). The number of aromatic nitrogens is 1. The molecule has 0 fully saturated rings. The number of rotatable bonds is 4. The zero-order valence-electron chi connectivity index (χ0n) is 19.1. The molecule has 2 aromatic carbocycles. The monoisotopic (exact) mass is 481 g/mol. The molecule has 0 bridgehead atoms. The van der Waals surface area contributed by atoms with Gasteiger partial charge in [-0.2, -0.15) is 0 Å². The predicted octanol–water partition coefficient (Wildman–Crippen LogP) is 5.56. The molecular weight excluding hydrogens is 458 g/mol. The zero-order chi connectivity index (χ0) is 23.9. The van der Waals surface area contributed by atoms with Gasteiger partial charge in [0.15, 0.2) is 0 Å². The summed E-state index contributed by atoms with van der Waals surface area (Å²) in [5, 5.41) is 10.0. The second-order valence-electron chi connectivity index (χ2n) is 8.60. The van der Waals surface area contributed by atoms with Gasteiger partial charge < -0.3 is 16.0 Å². The van der Waals surface area contributed by atoms with Crippen LogP contribution in [-0.2, 0) is 0 Å². The highest BCUT2D eigenvalue weighted by atomic mass is 32.1. The van der Waals surface area contributed by atoms with Crippen molar-refractivity contribution >= 4 is 50.6 Å². The highest BCUT2D eigenvalue weighted by Gasteiger charge is 2.33. The van der Waals surface area contributed by atoms with E-state index < -0.39 is 0 Å². The van der Waals surface area contributed by atoms with Gasteiger partial charge in [-0.3, -0.25) is 9.69 Å². The van der Waals surface area contributed by atoms with Crippen LogP contribution >= 0.6 is 11.3 Å². The smallest absolute Gasteiger partial charge is 0.324 e. The second-order valence-corrected chi connectivity index (χ2v) is 9.60. The largest absolute Gasteiger partial charge is 0.331 e. The predicted molar refractivity (Wildman–Crippen MR) is 140 cm³/mol. The molecule has 0 aliphatic carbocycles. The first-order valence-corrected chi connectivity index (χ1v) is 12.3. The van der Waals surface area contributed by atoms with Crippen molar-refractivity contribution in [2.24, 2.45) is 0 Å². The number of aryl methyl sites for hydroxylation is 1. The molecule has 0 atom stereocenters. The van der Waals surface area contributed by atoms with Crippen LogP contribution in [-0.4, -0.2) is 30.0 Å². The number of anilines is 3. The first-order valence-electron chi connectivity index (χ1n) is 11.5. The SMILES string of the molecule is Cc1ccc(-c2ccccc2)cc1N1C(=O)Nc2c(C(=O)NC3=CCCNC3)sc3nccc1c23. The Bertz CT molecular complexity index is 1510. The number of amides is 3. The van der Waals surface area contributed by atoms with Crippen molar-refractivity contribution in [2.45, 2.75) is 13.3 Å². The number of hydrogen-bond donors (Lipinski definition) is 3. The first-order chi connectivity index (χ1) is 17.1. The summed E-state index contributed by atoms with van der Waals surface area (Å²) in [6, 6.07) is 17.7. The Balaban J connectivity index is 1.44. The highest BCUT2D eigenvalue weighted by molar-refractivity contribution is 7.21. The zero-order valence-corrected chi connectivity index (χ0v) is 19.9. The normalized spacial score (nSPS) is 15.1. The minimum atomic E-state index is -0.302. The summed E-state index contributed by atoms with van der Waals surface area (Å²) in [7, 11) is 0. The maximum absolute atomic E-state index is 13.5. The first kappa shape index (κ1) is 21.5. The van der Waals surface area contributed by atoms with E-state index in [9.17, 15) is 9.59 Å². The minimum Gasteiger partial charge on any atom is -0.324 e. The van der Waals surface area contributed by atoms with E-state index in [1.807, 2.05) is 49.4 Å². The van der Waals surface area contributed by atoms with Crippen molar-refractivity contribution < 1.29 is 9.59 Å². The van der Waals surface area contributed by atoms with Crippen LogP contribution in [0.2, 0.25) is 0 Å². The molecule has 0 unspecified atom stereocenters. The third-order valence-electron chi connectivity index (χ3n) is 6.31. The molecule has 4 aromatic rings. The summed E-state index contributed by atoms with van der Waals surface area (Å²) in [6.07, 6.45) is 4.59. The number of benzene rings is 2. The molecule has 0 spiro atoms. The van der Waals surface area contributed by atoms with Gasteiger partial charge in [0.1, 0.15) is 9.71 Å². The number of nitrogens with zero attached hydrogens (tertiary/aromatic N) is 2. The van der Waals surface area contributed by atoms with Crippen LogP contribution in [0.1, 0.15) is 21.7 Å². The van der Waals surface area contributed by atoms with Gasteiger partial charge in [-0.25, -0.2) is 9.78 Å². The van der Waals surface area contributed by atoms with Crippen LogP contribution in [0.3, 0.4) is 0 Å². The van der Waals surface area contributed by atoms with Gasteiger partial charge in [-0.05, 0) is 48.7 Å². The quantitative estimate of drug-likeness (QED) is 0.356. The van der Waals surface area contributed by atoms with Gasteiger partial charge in [0, 0.05) is 18.4 Å². The minimum absolute atomic E-state index is 0.236. The summed E-state index contributed by atoms with van der Waals surface area (Å²) in [5.74, 6) is -0.236. The van der Waals surface area contributed by atoms with Gasteiger partial charge in [-0.1, -0.05) is 48.5 Å². The van der Waals surface area contributed by atoms with E-state index in [2.05, 4.69) is 39.1 Å². The third-order valence-corrected chi connectivity index (χ3v) is 7.41. The lowest BCUT2D eigenvalue weighted by atomic mass is 10.0. The van der Waals surface area contributed by atoms with Crippen molar-refractivity contribution in [3.05, 3.63) is 83.0 Å². The van der Waals surface area contributed by atoms with Crippen molar-refractivity contribution in [1.82, 2.24) is 15.6 Å². The van der Waals surface area contributed by atoms with Crippen molar-refractivity contribution in [1.29, 1.82) is 0 Å². The van der Waals surface area contributed by atoms with E-state index in [0.717, 1.165) is 52.1 Å². The number of carbonyl (C=O) groups excluding carboxylic acids is 2. The van der Waals surface area contributed by atoms with Gasteiger partial charge in [-0.15, -0.1) is 11.3 Å². The molecule has 8 heteroatoms. The number of carbonyl (C=O) groups is 2.